The zero-order chi connectivity index (χ0) is 14.0. The number of carbonyl (C=O) groups excluding carboxylic acids is 1. The first kappa shape index (κ1) is 14.7. The van der Waals surface area contributed by atoms with Crippen LogP contribution in [-0.4, -0.2) is 27.1 Å². The van der Waals surface area contributed by atoms with E-state index in [1.165, 1.54) is 16.9 Å². The van der Waals surface area contributed by atoms with Crippen molar-refractivity contribution < 1.29 is 26.4 Å². The molecule has 0 radical (unpaired) electrons. The van der Waals surface area contributed by atoms with Crippen molar-refractivity contribution in [1.82, 2.24) is 4.72 Å². The summed E-state index contributed by atoms with van der Waals surface area (Å²) in [6.45, 7) is 0. The highest BCUT2D eigenvalue weighted by Gasteiger charge is 2.42. The zero-order valence-electron chi connectivity index (χ0n) is 9.23. The normalized spacial score (nSPS) is 14.2. The number of nitrogens with one attached hydrogen (secondary N) is 1. The molecule has 0 aromatic heterocycles. The molecule has 8 heteroatoms. The minimum Gasteiger partial charge on any atom is -0.298 e. The van der Waals surface area contributed by atoms with Gasteiger partial charge in [-0.3, -0.25) is 4.79 Å². The molecule has 0 saturated heterocycles. The lowest BCUT2D eigenvalue weighted by atomic mass is 10.1. The molecule has 1 rings (SSSR count). The van der Waals surface area contributed by atoms with Gasteiger partial charge in [0.1, 0.15) is 12.3 Å². The predicted octanol–water partition coefficient (Wildman–Crippen LogP) is 1.65. The molecule has 0 amide bonds. The van der Waals surface area contributed by atoms with Gasteiger partial charge >= 0.3 is 6.18 Å². The van der Waals surface area contributed by atoms with Crippen LogP contribution in [0.5, 0.6) is 0 Å². The number of aldehydes is 1. The topological polar surface area (TPSA) is 63.2 Å². The van der Waals surface area contributed by atoms with Gasteiger partial charge in [0, 0.05) is 5.56 Å². The number of halogens is 3. The molecular weight excluding hydrogens is 271 g/mol. The highest BCUT2D eigenvalue weighted by atomic mass is 32.2. The van der Waals surface area contributed by atoms with Crippen molar-refractivity contribution in [3.05, 3.63) is 35.4 Å². The number of carbonyl (C=O) groups is 1. The van der Waals surface area contributed by atoms with E-state index in [4.69, 9.17) is 0 Å². The van der Waals surface area contributed by atoms with E-state index < -0.39 is 22.2 Å². The van der Waals surface area contributed by atoms with E-state index >= 15 is 0 Å². The van der Waals surface area contributed by atoms with Crippen molar-refractivity contribution in [2.75, 3.05) is 6.26 Å². The molecule has 0 aliphatic heterocycles. The number of rotatable bonds is 4. The minimum atomic E-state index is -4.76. The van der Waals surface area contributed by atoms with Crippen LogP contribution in [-0.2, 0) is 10.0 Å². The summed E-state index contributed by atoms with van der Waals surface area (Å²) in [5.41, 5.74) is -0.0717. The Kier molecular flexibility index (Phi) is 4.12. The van der Waals surface area contributed by atoms with Crippen molar-refractivity contribution >= 4 is 16.3 Å². The number of hydrogen-bond donors (Lipinski definition) is 1. The Hall–Kier alpha value is -1.41. The van der Waals surface area contributed by atoms with Crippen LogP contribution in [0.3, 0.4) is 0 Å². The molecule has 0 spiro atoms. The molecule has 1 atom stereocenters. The Balaban J connectivity index is 3.13. The molecule has 100 valence electrons. The summed E-state index contributed by atoms with van der Waals surface area (Å²) in [5.74, 6) is 0. The number of alkyl halides is 3. The van der Waals surface area contributed by atoms with E-state index in [0.29, 0.717) is 12.5 Å². The summed E-state index contributed by atoms with van der Waals surface area (Å²) in [6, 6.07) is 2.16. The van der Waals surface area contributed by atoms with Gasteiger partial charge in [0.2, 0.25) is 10.0 Å². The molecule has 0 aliphatic carbocycles. The van der Waals surface area contributed by atoms with Gasteiger partial charge in [-0.05, 0) is 5.56 Å². The molecule has 4 nitrogen and oxygen atoms in total. The molecule has 0 bridgehead atoms. The van der Waals surface area contributed by atoms with Crippen LogP contribution in [0.15, 0.2) is 24.3 Å². The molecule has 0 saturated carbocycles. The Bertz CT molecular complexity index is 522. The summed E-state index contributed by atoms with van der Waals surface area (Å²) < 4.78 is 61.5. The standard InChI is InChI=1S/C10H10F3NO3S/c1-18(16,17)14-9(10(11,12)13)8-4-2-7(6-15)3-5-8/h2-6,9,14H,1H3. The molecule has 18 heavy (non-hydrogen) atoms. The van der Waals surface area contributed by atoms with E-state index in [1.807, 2.05) is 0 Å². The maximum atomic E-state index is 12.7. The monoisotopic (exact) mass is 281 g/mol. The number of hydrogen-bond acceptors (Lipinski definition) is 3. The van der Waals surface area contributed by atoms with Crippen LogP contribution >= 0.6 is 0 Å². The first-order valence-corrected chi connectivity index (χ1v) is 6.62. The SMILES string of the molecule is CS(=O)(=O)NC(c1ccc(C=O)cc1)C(F)(F)F. The van der Waals surface area contributed by atoms with Gasteiger partial charge in [0.05, 0.1) is 6.26 Å². The summed E-state index contributed by atoms with van der Waals surface area (Å²) >= 11 is 0. The van der Waals surface area contributed by atoms with Crippen LogP contribution < -0.4 is 4.72 Å². The maximum absolute atomic E-state index is 12.7. The third-order valence-electron chi connectivity index (χ3n) is 2.07. The van der Waals surface area contributed by atoms with Crippen molar-refractivity contribution in [2.45, 2.75) is 12.2 Å². The molecular formula is C10H10F3NO3S. The van der Waals surface area contributed by atoms with Crippen LogP contribution in [0.1, 0.15) is 22.0 Å². The van der Waals surface area contributed by atoms with Gasteiger partial charge in [0.15, 0.2) is 0 Å². The predicted molar refractivity (Wildman–Crippen MR) is 58.6 cm³/mol. The molecule has 1 N–H and O–H groups in total. The summed E-state index contributed by atoms with van der Waals surface area (Å²) in [5, 5.41) is 0. The van der Waals surface area contributed by atoms with Gasteiger partial charge in [0.25, 0.3) is 0 Å². The first-order chi connectivity index (χ1) is 8.13. The average molecular weight is 281 g/mol. The van der Waals surface area contributed by atoms with Crippen LogP contribution in [0.4, 0.5) is 13.2 Å². The Morgan fingerprint density at radius 2 is 1.72 bits per heavy atom. The largest absolute Gasteiger partial charge is 0.408 e. The summed E-state index contributed by atoms with van der Waals surface area (Å²) in [6.07, 6.45) is -3.63. The summed E-state index contributed by atoms with van der Waals surface area (Å²) in [7, 11) is -4.01. The van der Waals surface area contributed by atoms with Crippen molar-refractivity contribution in [3.63, 3.8) is 0 Å². The fourth-order valence-electron chi connectivity index (χ4n) is 1.30. The van der Waals surface area contributed by atoms with E-state index in [2.05, 4.69) is 0 Å². The third kappa shape index (κ3) is 4.11. The zero-order valence-corrected chi connectivity index (χ0v) is 10.0. The molecule has 1 aromatic rings. The second-order valence-electron chi connectivity index (χ2n) is 3.65. The van der Waals surface area contributed by atoms with Crippen molar-refractivity contribution in [3.8, 4) is 0 Å². The van der Waals surface area contributed by atoms with Gasteiger partial charge < -0.3 is 0 Å². The number of benzene rings is 1. The van der Waals surface area contributed by atoms with Crippen LogP contribution in [0.25, 0.3) is 0 Å². The van der Waals surface area contributed by atoms with E-state index in [-0.39, 0.29) is 11.1 Å². The highest BCUT2D eigenvalue weighted by molar-refractivity contribution is 7.88. The van der Waals surface area contributed by atoms with Crippen LogP contribution in [0.2, 0.25) is 0 Å². The molecule has 0 fully saturated rings. The Morgan fingerprint density at radius 3 is 2.06 bits per heavy atom. The molecule has 1 unspecified atom stereocenters. The fourth-order valence-corrected chi connectivity index (χ4v) is 2.00. The second kappa shape index (κ2) is 5.07. The minimum absolute atomic E-state index is 0.207. The summed E-state index contributed by atoms with van der Waals surface area (Å²) in [4.78, 5) is 10.4. The lowest BCUT2D eigenvalue weighted by Crippen LogP contribution is -2.37. The van der Waals surface area contributed by atoms with Gasteiger partial charge in [-0.15, -0.1) is 0 Å². The van der Waals surface area contributed by atoms with E-state index in [0.717, 1.165) is 12.1 Å². The van der Waals surface area contributed by atoms with Crippen molar-refractivity contribution in [1.29, 1.82) is 0 Å². The second-order valence-corrected chi connectivity index (χ2v) is 5.43. The molecule has 1 aromatic carbocycles. The first-order valence-electron chi connectivity index (χ1n) is 4.72. The number of sulfonamides is 1. The van der Waals surface area contributed by atoms with E-state index in [1.54, 1.807) is 0 Å². The Labute approximate surface area is 102 Å². The van der Waals surface area contributed by atoms with Gasteiger partial charge in [-0.25, -0.2) is 8.42 Å². The van der Waals surface area contributed by atoms with Crippen molar-refractivity contribution in [2.24, 2.45) is 0 Å². The quantitative estimate of drug-likeness (QED) is 0.854. The van der Waals surface area contributed by atoms with E-state index in [9.17, 15) is 26.4 Å². The lowest BCUT2D eigenvalue weighted by molar-refractivity contribution is -0.153. The average Bonchev–Trinajstić information content (AvgIpc) is 2.24. The molecule has 0 aliphatic rings. The maximum Gasteiger partial charge on any atom is 0.408 e. The fraction of sp³-hybridized carbons (Fsp3) is 0.300. The smallest absolute Gasteiger partial charge is 0.298 e. The molecule has 0 heterocycles. The highest BCUT2D eigenvalue weighted by Crippen LogP contribution is 2.33. The lowest BCUT2D eigenvalue weighted by Gasteiger charge is -2.21. The Morgan fingerprint density at radius 1 is 1.22 bits per heavy atom. The third-order valence-corrected chi connectivity index (χ3v) is 2.73. The van der Waals surface area contributed by atoms with Gasteiger partial charge in [-0.1, -0.05) is 24.3 Å². The van der Waals surface area contributed by atoms with Crippen LogP contribution in [0, 0.1) is 0 Å². The van der Waals surface area contributed by atoms with Gasteiger partial charge in [-0.2, -0.15) is 17.9 Å².